The number of benzene rings is 2. The van der Waals surface area contributed by atoms with Crippen LogP contribution in [0.1, 0.15) is 31.3 Å². The van der Waals surface area contributed by atoms with Gasteiger partial charge in [-0.2, -0.15) is 4.98 Å². The van der Waals surface area contributed by atoms with Crippen molar-refractivity contribution in [3.63, 3.8) is 0 Å². The van der Waals surface area contributed by atoms with Gasteiger partial charge in [-0.1, -0.05) is 49.3 Å². The summed E-state index contributed by atoms with van der Waals surface area (Å²) < 4.78 is 27.4. The molecule has 2 aromatic carbocycles. The van der Waals surface area contributed by atoms with Gasteiger partial charge in [-0.25, -0.2) is 0 Å². The van der Waals surface area contributed by atoms with Crippen molar-refractivity contribution in [3.05, 3.63) is 53.9 Å². The van der Waals surface area contributed by atoms with Gasteiger partial charge in [0, 0.05) is 12.1 Å². The Balaban J connectivity index is 1.64. The molecule has 0 saturated carbocycles. The lowest BCUT2D eigenvalue weighted by molar-refractivity contribution is 0.0262. The predicted molar refractivity (Wildman–Crippen MR) is 127 cm³/mol. The second-order valence-corrected chi connectivity index (χ2v) is 8.15. The van der Waals surface area contributed by atoms with Crippen molar-refractivity contribution >= 4 is 0 Å². The van der Waals surface area contributed by atoms with Gasteiger partial charge in [0.2, 0.25) is 17.5 Å². The van der Waals surface area contributed by atoms with Crippen LogP contribution in [0.3, 0.4) is 0 Å². The highest BCUT2D eigenvalue weighted by atomic mass is 16.5. The van der Waals surface area contributed by atoms with Crippen molar-refractivity contribution in [3.8, 4) is 28.6 Å². The van der Waals surface area contributed by atoms with Crippen LogP contribution in [0, 0.1) is 5.92 Å². The number of methoxy groups -OCH3 is 3. The van der Waals surface area contributed by atoms with Crippen molar-refractivity contribution in [1.29, 1.82) is 0 Å². The van der Waals surface area contributed by atoms with Crippen molar-refractivity contribution < 1.29 is 28.6 Å². The molecule has 0 spiro atoms. The molecule has 184 valence electrons. The van der Waals surface area contributed by atoms with Crippen LogP contribution in [0.4, 0.5) is 0 Å². The topological polar surface area (TPSA) is 108 Å². The van der Waals surface area contributed by atoms with Crippen LogP contribution < -0.4 is 19.5 Å². The van der Waals surface area contributed by atoms with Crippen molar-refractivity contribution in [1.82, 2.24) is 15.5 Å². The predicted octanol–water partition coefficient (Wildman–Crippen LogP) is 3.63. The number of aliphatic hydroxyl groups is 1. The molecule has 2 N–H and O–H groups in total. The molecule has 1 aromatic heterocycles. The quantitative estimate of drug-likeness (QED) is 0.386. The molecule has 3 rings (SSSR count). The van der Waals surface area contributed by atoms with E-state index in [1.54, 1.807) is 33.5 Å². The lowest BCUT2D eigenvalue weighted by Gasteiger charge is -2.20. The van der Waals surface area contributed by atoms with Crippen LogP contribution in [-0.2, 0) is 11.3 Å². The summed E-state index contributed by atoms with van der Waals surface area (Å²) in [7, 11) is 4.65. The Bertz CT molecular complexity index is 999. The van der Waals surface area contributed by atoms with Crippen LogP contribution >= 0.6 is 0 Å². The van der Waals surface area contributed by atoms with E-state index >= 15 is 0 Å². The number of aliphatic hydroxyl groups excluding tert-OH is 1. The Morgan fingerprint density at radius 1 is 1.00 bits per heavy atom. The minimum atomic E-state index is -0.678. The SMILES string of the molecule is COc1cc(-c2noc([C@H](NC[C@H](O)COCc3ccccc3)C(C)C)n2)cc(OC)c1OC. The maximum absolute atomic E-state index is 10.4. The molecule has 9 heteroatoms. The summed E-state index contributed by atoms with van der Waals surface area (Å²) in [4.78, 5) is 4.58. The zero-order valence-electron chi connectivity index (χ0n) is 20.3. The number of nitrogens with zero attached hydrogens (tertiary/aromatic N) is 2. The fourth-order valence-corrected chi connectivity index (χ4v) is 3.51. The average molecular weight is 472 g/mol. The van der Waals surface area contributed by atoms with Gasteiger partial charge in [-0.05, 0) is 23.6 Å². The monoisotopic (exact) mass is 471 g/mol. The smallest absolute Gasteiger partial charge is 0.244 e. The van der Waals surface area contributed by atoms with Gasteiger partial charge in [0.05, 0.1) is 46.7 Å². The third-order valence-corrected chi connectivity index (χ3v) is 5.29. The van der Waals surface area contributed by atoms with E-state index in [0.717, 1.165) is 5.56 Å². The first-order valence-corrected chi connectivity index (χ1v) is 11.1. The van der Waals surface area contributed by atoms with Crippen LogP contribution in [0.5, 0.6) is 17.2 Å². The van der Waals surface area contributed by atoms with Crippen LogP contribution in [-0.4, -0.2) is 55.8 Å². The molecule has 34 heavy (non-hydrogen) atoms. The normalized spacial score (nSPS) is 13.0. The average Bonchev–Trinajstić information content (AvgIpc) is 3.33. The first-order chi connectivity index (χ1) is 16.5. The number of hydrogen-bond acceptors (Lipinski definition) is 9. The summed E-state index contributed by atoms with van der Waals surface area (Å²) in [5.41, 5.74) is 1.73. The zero-order valence-corrected chi connectivity index (χ0v) is 20.3. The second kappa shape index (κ2) is 12.4. The first-order valence-electron chi connectivity index (χ1n) is 11.1. The second-order valence-electron chi connectivity index (χ2n) is 8.15. The Morgan fingerprint density at radius 3 is 2.26 bits per heavy atom. The van der Waals surface area contributed by atoms with Crippen molar-refractivity contribution in [2.75, 3.05) is 34.5 Å². The largest absolute Gasteiger partial charge is 0.493 e. The van der Waals surface area contributed by atoms with Crippen LogP contribution in [0.2, 0.25) is 0 Å². The molecule has 0 radical (unpaired) electrons. The van der Waals surface area contributed by atoms with Gasteiger partial charge >= 0.3 is 0 Å². The molecular formula is C25H33N3O6. The molecule has 0 bridgehead atoms. The molecular weight excluding hydrogens is 438 g/mol. The molecule has 2 atom stereocenters. The van der Waals surface area contributed by atoms with E-state index in [1.165, 1.54) is 0 Å². The molecule has 0 aliphatic heterocycles. The molecule has 1 heterocycles. The minimum Gasteiger partial charge on any atom is -0.493 e. The molecule has 0 fully saturated rings. The molecule has 9 nitrogen and oxygen atoms in total. The number of nitrogens with one attached hydrogen (secondary N) is 1. The summed E-state index contributed by atoms with van der Waals surface area (Å²) in [5.74, 6) is 2.46. The summed E-state index contributed by atoms with van der Waals surface area (Å²) in [6, 6.07) is 13.1. The van der Waals surface area contributed by atoms with Crippen LogP contribution in [0.25, 0.3) is 11.4 Å². The molecule has 0 aliphatic carbocycles. The summed E-state index contributed by atoms with van der Waals surface area (Å²) in [5, 5.41) is 17.8. The van der Waals surface area contributed by atoms with E-state index in [0.29, 0.717) is 47.7 Å². The van der Waals surface area contributed by atoms with E-state index in [-0.39, 0.29) is 18.6 Å². The Labute approximate surface area is 200 Å². The number of aromatic nitrogens is 2. The highest BCUT2D eigenvalue weighted by molar-refractivity contribution is 5.66. The summed E-state index contributed by atoms with van der Waals surface area (Å²) in [6.45, 7) is 5.07. The number of rotatable bonds is 13. The molecule has 0 unspecified atom stereocenters. The fraction of sp³-hybridized carbons (Fsp3) is 0.440. The number of hydrogen-bond donors (Lipinski definition) is 2. The van der Waals surface area contributed by atoms with Gasteiger partial charge in [0.15, 0.2) is 11.5 Å². The standard InChI is InChI=1S/C25H33N3O6/c1-16(2)22(26-13-19(29)15-33-14-17-9-7-6-8-10-17)25-27-24(28-34-25)18-11-20(30-3)23(32-5)21(12-18)31-4/h6-12,16,19,22,26,29H,13-15H2,1-5H3/t19-,22+/m0/s1. The highest BCUT2D eigenvalue weighted by Crippen LogP contribution is 2.40. The van der Waals surface area contributed by atoms with Crippen molar-refractivity contribution in [2.24, 2.45) is 5.92 Å². The molecule has 0 saturated heterocycles. The van der Waals surface area contributed by atoms with Gasteiger partial charge in [-0.15, -0.1) is 0 Å². The van der Waals surface area contributed by atoms with Gasteiger partial charge in [0.25, 0.3) is 0 Å². The van der Waals surface area contributed by atoms with E-state index in [9.17, 15) is 5.11 Å². The molecule has 0 amide bonds. The first kappa shape index (κ1) is 25.5. The highest BCUT2D eigenvalue weighted by Gasteiger charge is 2.24. The van der Waals surface area contributed by atoms with Gasteiger partial charge < -0.3 is 33.9 Å². The maximum atomic E-state index is 10.4. The van der Waals surface area contributed by atoms with E-state index in [1.807, 2.05) is 44.2 Å². The molecule has 3 aromatic rings. The Morgan fingerprint density at radius 2 is 1.68 bits per heavy atom. The summed E-state index contributed by atoms with van der Waals surface area (Å²) >= 11 is 0. The zero-order chi connectivity index (χ0) is 24.5. The minimum absolute atomic E-state index is 0.144. The van der Waals surface area contributed by atoms with Gasteiger partial charge in [0.1, 0.15) is 0 Å². The van der Waals surface area contributed by atoms with Crippen LogP contribution in [0.15, 0.2) is 47.0 Å². The van der Waals surface area contributed by atoms with Gasteiger partial charge in [-0.3, -0.25) is 0 Å². The van der Waals surface area contributed by atoms with E-state index < -0.39 is 6.10 Å². The van der Waals surface area contributed by atoms with E-state index in [4.69, 9.17) is 23.5 Å². The summed E-state index contributed by atoms with van der Waals surface area (Å²) in [6.07, 6.45) is -0.678. The Hall–Kier alpha value is -3.14. The van der Waals surface area contributed by atoms with E-state index in [2.05, 4.69) is 15.5 Å². The lowest BCUT2D eigenvalue weighted by atomic mass is 10.0. The fourth-order valence-electron chi connectivity index (χ4n) is 3.51. The molecule has 0 aliphatic rings. The third-order valence-electron chi connectivity index (χ3n) is 5.29. The Kier molecular flexibility index (Phi) is 9.26. The third kappa shape index (κ3) is 6.47. The maximum Gasteiger partial charge on any atom is 0.244 e. The lowest BCUT2D eigenvalue weighted by Crippen LogP contribution is -2.35. The number of ether oxygens (including phenoxy) is 4. The van der Waals surface area contributed by atoms with Crippen molar-refractivity contribution in [2.45, 2.75) is 32.6 Å².